The molecule has 0 saturated carbocycles. The molecule has 0 aliphatic rings. The summed E-state index contributed by atoms with van der Waals surface area (Å²) in [6.07, 6.45) is 0. The van der Waals surface area contributed by atoms with Crippen molar-refractivity contribution in [1.82, 2.24) is 0 Å². The zero-order chi connectivity index (χ0) is 22.4. The zero-order valence-corrected chi connectivity index (χ0v) is 16.4. The molecule has 28 heavy (non-hydrogen) atoms. The van der Waals surface area contributed by atoms with Crippen molar-refractivity contribution in [2.24, 2.45) is 10.8 Å². The molecule has 0 spiro atoms. The molecule has 6 N–H and O–H groups in total. The average molecular weight is 408 g/mol. The van der Waals surface area contributed by atoms with E-state index in [1.165, 1.54) is 13.8 Å². The van der Waals surface area contributed by atoms with Gasteiger partial charge in [-0.3, -0.25) is 0 Å². The predicted molar refractivity (Wildman–Crippen MR) is 98.9 cm³/mol. The topological polar surface area (TPSA) is 174 Å². The Balaban J connectivity index is 0. The van der Waals surface area contributed by atoms with Crippen LogP contribution >= 0.6 is 0 Å². The van der Waals surface area contributed by atoms with E-state index < -0.39 is 62.4 Å². The van der Waals surface area contributed by atoms with E-state index in [2.05, 4.69) is 13.2 Å². The van der Waals surface area contributed by atoms with E-state index in [-0.39, 0.29) is 24.4 Å². The largest absolute Gasteiger partial charge is 0.461 e. The first-order valence-electron chi connectivity index (χ1n) is 8.33. The fourth-order valence-corrected chi connectivity index (χ4v) is 1.26. The molecule has 0 aromatic rings. The summed E-state index contributed by atoms with van der Waals surface area (Å²) >= 11 is 0. The monoisotopic (exact) mass is 408 g/mol. The van der Waals surface area contributed by atoms with E-state index in [0.717, 1.165) is 0 Å². The van der Waals surface area contributed by atoms with Crippen LogP contribution in [0.25, 0.3) is 0 Å². The third-order valence-electron chi connectivity index (χ3n) is 3.73. The van der Waals surface area contributed by atoms with Crippen molar-refractivity contribution < 1.29 is 49.7 Å². The lowest BCUT2D eigenvalue weighted by Gasteiger charge is -2.26. The van der Waals surface area contributed by atoms with Gasteiger partial charge in [0.2, 0.25) is 0 Å². The molecule has 0 bridgehead atoms. The maximum absolute atomic E-state index is 11.0. The van der Waals surface area contributed by atoms with E-state index in [4.69, 9.17) is 40.1 Å². The van der Waals surface area contributed by atoms with Crippen LogP contribution < -0.4 is 0 Å². The molecule has 0 radical (unpaired) electrons. The summed E-state index contributed by atoms with van der Waals surface area (Å²) in [5.74, 6) is -1.21. The highest BCUT2D eigenvalue weighted by Gasteiger charge is 2.30. The summed E-state index contributed by atoms with van der Waals surface area (Å²) in [6.45, 7) is 6.52. The molecule has 0 atom stereocenters. The minimum Gasteiger partial charge on any atom is -0.461 e. The normalized spacial score (nSPS) is 11.1. The lowest BCUT2D eigenvalue weighted by molar-refractivity contribution is -0.147. The van der Waals surface area contributed by atoms with Crippen LogP contribution in [0.3, 0.4) is 0 Å². The predicted octanol–water partition coefficient (Wildman–Crippen LogP) is -1.86. The highest BCUT2D eigenvalue weighted by molar-refractivity contribution is 5.87. The van der Waals surface area contributed by atoms with Crippen molar-refractivity contribution in [3.63, 3.8) is 0 Å². The maximum Gasteiger partial charge on any atom is 0.333 e. The molecular formula is C18H32O10. The SMILES string of the molecule is C=C(C)C(=O)OCC(CO)(CO)CO.C=C(C)C(=O)OCC(CO)(CO)CO. The van der Waals surface area contributed by atoms with Crippen molar-refractivity contribution in [3.8, 4) is 0 Å². The summed E-state index contributed by atoms with van der Waals surface area (Å²) in [5.41, 5.74) is -1.89. The molecule has 0 fully saturated rings. The lowest BCUT2D eigenvalue weighted by Crippen LogP contribution is -2.39. The molecule has 0 heterocycles. The zero-order valence-electron chi connectivity index (χ0n) is 16.4. The van der Waals surface area contributed by atoms with Gasteiger partial charge in [-0.1, -0.05) is 13.2 Å². The number of carbonyl (C=O) groups is 2. The number of aliphatic hydroxyl groups excluding tert-OH is 6. The molecule has 0 aromatic heterocycles. The van der Waals surface area contributed by atoms with Gasteiger partial charge < -0.3 is 40.1 Å². The molecule has 0 amide bonds. The maximum atomic E-state index is 11.0. The highest BCUT2D eigenvalue weighted by atomic mass is 16.5. The van der Waals surface area contributed by atoms with Gasteiger partial charge in [-0.25, -0.2) is 9.59 Å². The minimum absolute atomic E-state index is 0.229. The van der Waals surface area contributed by atoms with Gasteiger partial charge in [0, 0.05) is 11.1 Å². The second-order valence-corrected chi connectivity index (χ2v) is 6.66. The molecule has 0 saturated heterocycles. The second kappa shape index (κ2) is 14.2. The quantitative estimate of drug-likeness (QED) is 0.159. The molecule has 10 heteroatoms. The molecule has 164 valence electrons. The Hall–Kier alpha value is -1.82. The minimum atomic E-state index is -1.18. The fraction of sp³-hybridized carbons (Fsp3) is 0.667. The fourth-order valence-electron chi connectivity index (χ4n) is 1.26. The van der Waals surface area contributed by atoms with Gasteiger partial charge in [-0.15, -0.1) is 0 Å². The van der Waals surface area contributed by atoms with Crippen LogP contribution in [0.4, 0.5) is 0 Å². The molecule has 0 aliphatic carbocycles. The first-order valence-corrected chi connectivity index (χ1v) is 8.33. The van der Waals surface area contributed by atoms with Crippen molar-refractivity contribution >= 4 is 11.9 Å². The van der Waals surface area contributed by atoms with Crippen LogP contribution in [-0.4, -0.2) is 95.4 Å². The van der Waals surface area contributed by atoms with Gasteiger partial charge in [-0.2, -0.15) is 0 Å². The number of ether oxygens (including phenoxy) is 2. The summed E-state index contributed by atoms with van der Waals surface area (Å²) in [6, 6.07) is 0. The second-order valence-electron chi connectivity index (χ2n) is 6.66. The van der Waals surface area contributed by atoms with Crippen molar-refractivity contribution in [3.05, 3.63) is 24.3 Å². The molecule has 10 nitrogen and oxygen atoms in total. The van der Waals surface area contributed by atoms with Crippen LogP contribution in [-0.2, 0) is 19.1 Å². The number of hydrogen-bond donors (Lipinski definition) is 6. The Bertz CT molecular complexity index is 444. The van der Waals surface area contributed by atoms with Gasteiger partial charge in [0.05, 0.1) is 50.5 Å². The van der Waals surface area contributed by atoms with E-state index in [1.54, 1.807) is 0 Å². The summed E-state index contributed by atoms with van der Waals surface area (Å²) in [4.78, 5) is 21.9. The average Bonchev–Trinajstić information content (AvgIpc) is 2.70. The Morgan fingerprint density at radius 3 is 1.00 bits per heavy atom. The Labute approximate surface area is 164 Å². The number of aliphatic hydroxyl groups is 6. The van der Waals surface area contributed by atoms with Crippen molar-refractivity contribution in [2.45, 2.75) is 13.8 Å². The van der Waals surface area contributed by atoms with Crippen LogP contribution in [0.1, 0.15) is 13.8 Å². The van der Waals surface area contributed by atoms with E-state index >= 15 is 0 Å². The van der Waals surface area contributed by atoms with E-state index in [1.807, 2.05) is 0 Å². The standard InChI is InChI=1S/2C9H16O5/c2*1-7(2)8(13)14-6-9(3-10,4-11)5-12/h2*10-12H,1,3-6H2,2H3. The smallest absolute Gasteiger partial charge is 0.333 e. The van der Waals surface area contributed by atoms with Gasteiger partial charge in [0.15, 0.2) is 0 Å². The molecular weight excluding hydrogens is 376 g/mol. The van der Waals surface area contributed by atoms with Crippen LogP contribution in [0.15, 0.2) is 24.3 Å². The van der Waals surface area contributed by atoms with E-state index in [9.17, 15) is 9.59 Å². The van der Waals surface area contributed by atoms with Crippen molar-refractivity contribution in [2.75, 3.05) is 52.9 Å². The highest BCUT2D eigenvalue weighted by Crippen LogP contribution is 2.16. The van der Waals surface area contributed by atoms with Gasteiger partial charge in [0.1, 0.15) is 13.2 Å². The van der Waals surface area contributed by atoms with E-state index in [0.29, 0.717) is 0 Å². The third kappa shape index (κ3) is 9.93. The summed E-state index contributed by atoms with van der Waals surface area (Å²) in [7, 11) is 0. The van der Waals surface area contributed by atoms with Crippen LogP contribution in [0.5, 0.6) is 0 Å². The number of rotatable bonds is 12. The Morgan fingerprint density at radius 1 is 0.643 bits per heavy atom. The lowest BCUT2D eigenvalue weighted by atomic mass is 9.92. The number of hydrogen-bond acceptors (Lipinski definition) is 10. The Kier molecular flexibility index (Phi) is 14.4. The first kappa shape index (κ1) is 28.4. The van der Waals surface area contributed by atoms with Gasteiger partial charge in [0.25, 0.3) is 0 Å². The number of esters is 2. The van der Waals surface area contributed by atoms with Crippen molar-refractivity contribution in [1.29, 1.82) is 0 Å². The molecule has 0 aliphatic heterocycles. The summed E-state index contributed by atoms with van der Waals surface area (Å²) < 4.78 is 9.45. The van der Waals surface area contributed by atoms with Gasteiger partial charge in [-0.05, 0) is 13.8 Å². The van der Waals surface area contributed by atoms with Crippen LogP contribution in [0, 0.1) is 10.8 Å². The third-order valence-corrected chi connectivity index (χ3v) is 3.73. The molecule has 0 rings (SSSR count). The first-order chi connectivity index (χ1) is 13.0. The summed E-state index contributed by atoms with van der Waals surface area (Å²) in [5, 5.41) is 53.4. The Morgan fingerprint density at radius 2 is 0.857 bits per heavy atom. The molecule has 0 aromatic carbocycles. The molecule has 0 unspecified atom stereocenters. The number of carbonyl (C=O) groups excluding carboxylic acids is 2. The van der Waals surface area contributed by atoms with Crippen LogP contribution in [0.2, 0.25) is 0 Å². The van der Waals surface area contributed by atoms with Gasteiger partial charge >= 0.3 is 11.9 Å².